The lowest BCUT2D eigenvalue weighted by Crippen LogP contribution is -2.36. The summed E-state index contributed by atoms with van der Waals surface area (Å²) in [6, 6.07) is 4.94. The fourth-order valence-corrected chi connectivity index (χ4v) is 1.94. The summed E-state index contributed by atoms with van der Waals surface area (Å²) in [5.74, 6) is -0.192. The summed E-state index contributed by atoms with van der Waals surface area (Å²) in [5.41, 5.74) is 6.67. The fraction of sp³-hybridized carbons (Fsp3) is 0.467. The van der Waals surface area contributed by atoms with E-state index in [1.807, 2.05) is 11.9 Å². The molecule has 0 aromatic heterocycles. The summed E-state index contributed by atoms with van der Waals surface area (Å²) in [5, 5.41) is 2.70. The molecule has 2 rings (SSSR count). The molecule has 1 aliphatic carbocycles. The van der Waals surface area contributed by atoms with Gasteiger partial charge in [-0.3, -0.25) is 9.79 Å². The average molecular weight is 292 g/mol. The first kappa shape index (κ1) is 15.3. The van der Waals surface area contributed by atoms with Crippen LogP contribution in [0.3, 0.4) is 0 Å². The molecule has 3 N–H and O–H groups in total. The first-order valence-electron chi connectivity index (χ1n) is 7.06. The smallest absolute Gasteiger partial charge is 0.251 e. The van der Waals surface area contributed by atoms with Gasteiger partial charge in [-0.1, -0.05) is 6.07 Å². The van der Waals surface area contributed by atoms with Crippen LogP contribution in [0, 0.1) is 12.7 Å². The molecule has 1 aromatic rings. The van der Waals surface area contributed by atoms with Gasteiger partial charge in [0.2, 0.25) is 0 Å². The predicted molar refractivity (Wildman–Crippen MR) is 80.7 cm³/mol. The van der Waals surface area contributed by atoms with Gasteiger partial charge in [-0.25, -0.2) is 4.39 Å². The van der Waals surface area contributed by atoms with E-state index in [4.69, 9.17) is 5.73 Å². The molecule has 1 aromatic carbocycles. The van der Waals surface area contributed by atoms with Crippen molar-refractivity contribution in [2.75, 3.05) is 20.1 Å². The number of nitrogens with one attached hydrogen (secondary N) is 1. The highest BCUT2D eigenvalue weighted by Gasteiger charge is 2.27. The van der Waals surface area contributed by atoms with Crippen molar-refractivity contribution in [3.05, 3.63) is 35.1 Å². The van der Waals surface area contributed by atoms with Gasteiger partial charge in [-0.05, 0) is 37.5 Å². The molecular weight excluding hydrogens is 271 g/mol. The SMILES string of the molecule is Cc1ccc(C(=O)NCCN=C(N)N(C)C2CC2)cc1F. The molecule has 0 radical (unpaired) electrons. The zero-order valence-electron chi connectivity index (χ0n) is 12.4. The Labute approximate surface area is 124 Å². The lowest BCUT2D eigenvalue weighted by Gasteiger charge is -2.16. The lowest BCUT2D eigenvalue weighted by atomic mass is 10.1. The molecule has 0 atom stereocenters. The first-order chi connectivity index (χ1) is 9.99. The molecule has 21 heavy (non-hydrogen) atoms. The standard InChI is InChI=1S/C15H21FN4O/c1-10-3-4-11(9-13(10)16)14(21)18-7-8-19-15(17)20(2)12-5-6-12/h3-4,9,12H,5-8H2,1-2H3,(H2,17,19)(H,18,21). The van der Waals surface area contributed by atoms with Crippen molar-refractivity contribution in [2.24, 2.45) is 10.7 Å². The van der Waals surface area contributed by atoms with Gasteiger partial charge in [-0.15, -0.1) is 0 Å². The van der Waals surface area contributed by atoms with Crippen LogP contribution in [-0.4, -0.2) is 42.9 Å². The minimum Gasteiger partial charge on any atom is -0.370 e. The molecule has 1 saturated carbocycles. The number of carbonyl (C=O) groups is 1. The van der Waals surface area contributed by atoms with Gasteiger partial charge in [0, 0.05) is 25.2 Å². The van der Waals surface area contributed by atoms with E-state index >= 15 is 0 Å². The second-order valence-corrected chi connectivity index (χ2v) is 5.30. The summed E-state index contributed by atoms with van der Waals surface area (Å²) in [6.07, 6.45) is 2.31. The quantitative estimate of drug-likeness (QED) is 0.488. The minimum absolute atomic E-state index is 0.307. The number of benzene rings is 1. The van der Waals surface area contributed by atoms with E-state index < -0.39 is 0 Å². The Morgan fingerprint density at radius 1 is 1.52 bits per heavy atom. The van der Waals surface area contributed by atoms with Gasteiger partial charge in [0.1, 0.15) is 5.82 Å². The largest absolute Gasteiger partial charge is 0.370 e. The fourth-order valence-electron chi connectivity index (χ4n) is 1.94. The van der Waals surface area contributed by atoms with Crippen molar-refractivity contribution in [3.8, 4) is 0 Å². The van der Waals surface area contributed by atoms with E-state index in [1.165, 1.54) is 6.07 Å². The van der Waals surface area contributed by atoms with Crippen LogP contribution in [-0.2, 0) is 0 Å². The predicted octanol–water partition coefficient (Wildman–Crippen LogP) is 1.27. The number of aliphatic imine (C=N–C) groups is 1. The molecule has 6 heteroatoms. The van der Waals surface area contributed by atoms with Crippen LogP contribution < -0.4 is 11.1 Å². The molecular formula is C15H21FN4O. The monoisotopic (exact) mass is 292 g/mol. The average Bonchev–Trinajstić information content (AvgIpc) is 3.29. The van der Waals surface area contributed by atoms with Crippen LogP contribution in [0.1, 0.15) is 28.8 Å². The summed E-state index contributed by atoms with van der Waals surface area (Å²) in [6.45, 7) is 2.43. The Kier molecular flexibility index (Phi) is 4.77. The van der Waals surface area contributed by atoms with Crippen molar-refractivity contribution in [1.29, 1.82) is 0 Å². The molecule has 1 aliphatic rings. The number of guanidine groups is 1. The highest BCUT2D eigenvalue weighted by Crippen LogP contribution is 2.24. The Hall–Kier alpha value is -2.11. The first-order valence-corrected chi connectivity index (χ1v) is 7.06. The van der Waals surface area contributed by atoms with Gasteiger partial charge in [-0.2, -0.15) is 0 Å². The number of aryl methyl sites for hydroxylation is 1. The van der Waals surface area contributed by atoms with Crippen LogP contribution in [0.5, 0.6) is 0 Å². The lowest BCUT2D eigenvalue weighted by molar-refractivity contribution is 0.0954. The molecule has 0 unspecified atom stereocenters. The Bertz CT molecular complexity index is 555. The second kappa shape index (κ2) is 6.56. The van der Waals surface area contributed by atoms with E-state index in [1.54, 1.807) is 19.1 Å². The van der Waals surface area contributed by atoms with Crippen LogP contribution in [0.15, 0.2) is 23.2 Å². The number of amides is 1. The highest BCUT2D eigenvalue weighted by atomic mass is 19.1. The molecule has 1 amide bonds. The molecule has 0 saturated heterocycles. The van der Waals surface area contributed by atoms with Crippen molar-refractivity contribution < 1.29 is 9.18 Å². The maximum atomic E-state index is 13.4. The minimum atomic E-state index is -0.379. The highest BCUT2D eigenvalue weighted by molar-refractivity contribution is 5.94. The van der Waals surface area contributed by atoms with Crippen LogP contribution in [0.4, 0.5) is 4.39 Å². The van der Waals surface area contributed by atoms with Gasteiger partial charge >= 0.3 is 0 Å². The number of halogens is 1. The molecule has 0 spiro atoms. The van der Waals surface area contributed by atoms with Crippen LogP contribution in [0.2, 0.25) is 0 Å². The summed E-state index contributed by atoms with van der Waals surface area (Å²) >= 11 is 0. The van der Waals surface area contributed by atoms with Gasteiger partial charge < -0.3 is 16.0 Å². The third-order valence-electron chi connectivity index (χ3n) is 3.56. The van der Waals surface area contributed by atoms with Crippen LogP contribution in [0.25, 0.3) is 0 Å². The van der Waals surface area contributed by atoms with E-state index in [-0.39, 0.29) is 11.7 Å². The number of rotatable bonds is 5. The Morgan fingerprint density at radius 3 is 2.86 bits per heavy atom. The molecule has 0 heterocycles. The maximum absolute atomic E-state index is 13.4. The summed E-state index contributed by atoms with van der Waals surface area (Å²) in [7, 11) is 1.92. The third-order valence-corrected chi connectivity index (χ3v) is 3.56. The van der Waals surface area contributed by atoms with Gasteiger partial charge in [0.15, 0.2) is 5.96 Å². The van der Waals surface area contributed by atoms with Crippen molar-refractivity contribution in [3.63, 3.8) is 0 Å². The number of hydrogen-bond acceptors (Lipinski definition) is 2. The Balaban J connectivity index is 1.78. The second-order valence-electron chi connectivity index (χ2n) is 5.30. The molecule has 1 fully saturated rings. The van der Waals surface area contributed by atoms with E-state index in [0.717, 1.165) is 12.8 Å². The Morgan fingerprint density at radius 2 is 2.24 bits per heavy atom. The molecule has 5 nitrogen and oxygen atoms in total. The maximum Gasteiger partial charge on any atom is 0.251 e. The zero-order chi connectivity index (χ0) is 15.4. The van der Waals surface area contributed by atoms with Crippen molar-refractivity contribution in [2.45, 2.75) is 25.8 Å². The molecule has 0 bridgehead atoms. The van der Waals surface area contributed by atoms with E-state index in [9.17, 15) is 9.18 Å². The van der Waals surface area contributed by atoms with Gasteiger partial charge in [0.25, 0.3) is 5.91 Å². The number of hydrogen-bond donors (Lipinski definition) is 2. The van der Waals surface area contributed by atoms with E-state index in [2.05, 4.69) is 10.3 Å². The molecule has 0 aliphatic heterocycles. The zero-order valence-corrected chi connectivity index (χ0v) is 12.4. The van der Waals surface area contributed by atoms with Crippen molar-refractivity contribution in [1.82, 2.24) is 10.2 Å². The molecule has 114 valence electrons. The summed E-state index contributed by atoms with van der Waals surface area (Å²) in [4.78, 5) is 18.0. The normalized spacial score (nSPS) is 14.9. The third kappa shape index (κ3) is 4.18. The van der Waals surface area contributed by atoms with Gasteiger partial charge in [0.05, 0.1) is 6.54 Å². The number of nitrogens with two attached hydrogens (primary N) is 1. The summed E-state index contributed by atoms with van der Waals surface area (Å²) < 4.78 is 13.4. The van der Waals surface area contributed by atoms with Crippen LogP contribution >= 0.6 is 0 Å². The number of nitrogens with zero attached hydrogens (tertiary/aromatic N) is 2. The topological polar surface area (TPSA) is 70.7 Å². The van der Waals surface area contributed by atoms with E-state index in [0.29, 0.717) is 36.2 Å². The van der Waals surface area contributed by atoms with Crippen molar-refractivity contribution >= 4 is 11.9 Å². The number of carbonyl (C=O) groups excluding carboxylic acids is 1.